The summed E-state index contributed by atoms with van der Waals surface area (Å²) in [4.78, 5) is 18.7. The number of carbonyl (C=O) groups is 1. The lowest BCUT2D eigenvalue weighted by Crippen LogP contribution is -2.51. The first-order valence-electron chi connectivity index (χ1n) is 19.5. The minimum absolute atomic E-state index is 0.198. The molecule has 0 aliphatic carbocycles. The zero-order valence-electron chi connectivity index (χ0n) is 32.9. The van der Waals surface area contributed by atoms with Crippen molar-refractivity contribution in [2.75, 3.05) is 25.0 Å². The molecule has 0 spiro atoms. The Hall–Kier alpha value is -5.42. The van der Waals surface area contributed by atoms with Crippen LogP contribution in [0, 0.1) is 18.3 Å². The Balaban J connectivity index is 0.959. The van der Waals surface area contributed by atoms with Gasteiger partial charge >= 0.3 is 0 Å². The quantitative estimate of drug-likeness (QED) is 0.118. The van der Waals surface area contributed by atoms with E-state index in [2.05, 4.69) is 21.7 Å². The van der Waals surface area contributed by atoms with Crippen LogP contribution in [0.5, 0.6) is 17.2 Å². The molecule has 6 aromatic rings. The summed E-state index contributed by atoms with van der Waals surface area (Å²) in [6, 6.07) is 34.2. The van der Waals surface area contributed by atoms with Gasteiger partial charge in [0.1, 0.15) is 40.2 Å². The summed E-state index contributed by atoms with van der Waals surface area (Å²) >= 11 is 13.6. The van der Waals surface area contributed by atoms with E-state index < -0.39 is 17.0 Å². The van der Waals surface area contributed by atoms with Crippen molar-refractivity contribution < 1.29 is 23.2 Å². The maximum Gasteiger partial charge on any atom is 0.238 e. The SMILES string of the molecule is CCNc1nc(C)c(S(=O)N2Cc3cc4c(cc3CC2C(=O)NCCc2ccc(-c3ccc(C#N)cc3)cc2)OCC(c2ccc(OCc3ccc(Cl)c(Cl)c3)cc2)O4)s1. The molecule has 8 rings (SSSR count). The molecule has 3 unspecified atom stereocenters. The van der Waals surface area contributed by atoms with Crippen LogP contribution in [0.15, 0.2) is 107 Å². The Morgan fingerprint density at radius 3 is 2.38 bits per heavy atom. The number of benzene rings is 5. The van der Waals surface area contributed by atoms with E-state index in [1.165, 1.54) is 11.3 Å². The first-order valence-corrected chi connectivity index (χ1v) is 22.2. The number of ether oxygens (including phenoxy) is 3. The van der Waals surface area contributed by atoms with Crippen LogP contribution in [-0.2, 0) is 41.8 Å². The Morgan fingerprint density at radius 1 is 0.950 bits per heavy atom. The number of halogens is 2. The Morgan fingerprint density at radius 2 is 1.67 bits per heavy atom. The number of amides is 1. The van der Waals surface area contributed by atoms with Gasteiger partial charge in [-0.05, 0) is 114 Å². The molecule has 5 aromatic carbocycles. The molecule has 10 nitrogen and oxygen atoms in total. The van der Waals surface area contributed by atoms with Crippen molar-refractivity contribution in [2.45, 2.75) is 56.2 Å². The number of aryl methyl sites for hydroxylation is 1. The lowest BCUT2D eigenvalue weighted by Gasteiger charge is -2.36. The van der Waals surface area contributed by atoms with Gasteiger partial charge in [0.2, 0.25) is 5.91 Å². The number of aromatic nitrogens is 1. The highest BCUT2D eigenvalue weighted by molar-refractivity contribution is 7.85. The number of rotatable bonds is 13. The highest BCUT2D eigenvalue weighted by Crippen LogP contribution is 2.42. The van der Waals surface area contributed by atoms with E-state index in [4.69, 9.17) is 42.7 Å². The van der Waals surface area contributed by atoms with E-state index in [-0.39, 0.29) is 18.6 Å². The monoisotopic (exact) mass is 877 g/mol. The van der Waals surface area contributed by atoms with Crippen molar-refractivity contribution in [3.63, 3.8) is 0 Å². The highest BCUT2D eigenvalue weighted by Gasteiger charge is 2.38. The molecule has 14 heteroatoms. The van der Waals surface area contributed by atoms with Gasteiger partial charge in [-0.1, -0.05) is 89.1 Å². The van der Waals surface area contributed by atoms with Gasteiger partial charge in [-0.3, -0.25) is 4.79 Å². The molecule has 1 amide bonds. The number of thiazole rings is 1. The number of hydrogen-bond donors (Lipinski definition) is 2. The predicted octanol–water partition coefficient (Wildman–Crippen LogP) is 9.63. The molecule has 2 aliphatic heterocycles. The molecule has 60 heavy (non-hydrogen) atoms. The van der Waals surface area contributed by atoms with Crippen LogP contribution < -0.4 is 24.8 Å². The molecule has 0 saturated carbocycles. The van der Waals surface area contributed by atoms with E-state index in [0.717, 1.165) is 38.9 Å². The Kier molecular flexibility index (Phi) is 12.7. The van der Waals surface area contributed by atoms with Gasteiger partial charge < -0.3 is 24.8 Å². The lowest BCUT2D eigenvalue weighted by molar-refractivity contribution is -0.125. The van der Waals surface area contributed by atoms with Gasteiger partial charge in [-0.2, -0.15) is 5.26 Å². The molecule has 2 aliphatic rings. The van der Waals surface area contributed by atoms with E-state index in [1.807, 2.05) is 105 Å². The summed E-state index contributed by atoms with van der Waals surface area (Å²) < 4.78 is 35.6. The zero-order chi connectivity index (χ0) is 41.8. The topological polar surface area (TPSA) is 126 Å². The van der Waals surface area contributed by atoms with Crippen molar-refractivity contribution >= 4 is 56.6 Å². The standard InChI is InChI=1S/C46H41Cl2N5O5S2/c1-3-50-46-52-28(2)45(59-46)60(55)53-25-36-23-42-41(57-27-43(58-42)34-13-15-37(16-14-34)56-26-31-8-17-38(47)39(48)20-31)22-35(36)21-40(53)44(54)51-19-18-29-4-9-32(10-5-29)33-11-6-30(24-49)7-12-33/h4-17,20,22-23,40,43H,3,18-19,21,25-27H2,1-2H3,(H,50,52)(H,51,54). The van der Waals surface area contributed by atoms with Gasteiger partial charge in [-0.15, -0.1) is 0 Å². The van der Waals surface area contributed by atoms with Gasteiger partial charge in [0.05, 0.1) is 27.4 Å². The van der Waals surface area contributed by atoms with Crippen molar-refractivity contribution in [3.05, 3.63) is 152 Å². The molecule has 3 atom stereocenters. The predicted molar refractivity (Wildman–Crippen MR) is 236 cm³/mol. The minimum atomic E-state index is -1.67. The molecule has 0 radical (unpaired) electrons. The molecule has 306 valence electrons. The summed E-state index contributed by atoms with van der Waals surface area (Å²) in [7, 11) is -1.67. The third-order valence-electron chi connectivity index (χ3n) is 10.4. The molecular weight excluding hydrogens is 838 g/mol. The van der Waals surface area contributed by atoms with Crippen molar-refractivity contribution in [2.24, 2.45) is 0 Å². The molecule has 3 heterocycles. The van der Waals surface area contributed by atoms with Crippen LogP contribution >= 0.6 is 34.5 Å². The van der Waals surface area contributed by atoms with Crippen LogP contribution in [0.4, 0.5) is 5.13 Å². The van der Waals surface area contributed by atoms with Crippen LogP contribution in [0.1, 0.15) is 52.1 Å². The lowest BCUT2D eigenvalue weighted by atomic mass is 9.94. The fourth-order valence-electron chi connectivity index (χ4n) is 7.19. The Labute approximate surface area is 365 Å². The van der Waals surface area contributed by atoms with Gasteiger partial charge in [-0.25, -0.2) is 13.5 Å². The van der Waals surface area contributed by atoms with Crippen LogP contribution in [0.2, 0.25) is 10.0 Å². The first kappa shape index (κ1) is 41.3. The summed E-state index contributed by atoms with van der Waals surface area (Å²) in [5, 5.41) is 17.2. The molecular formula is C46H41Cl2N5O5S2. The second-order valence-electron chi connectivity index (χ2n) is 14.5. The van der Waals surface area contributed by atoms with E-state index >= 15 is 0 Å². The fourth-order valence-corrected chi connectivity index (χ4v) is 10.3. The van der Waals surface area contributed by atoms with Gasteiger partial charge in [0, 0.05) is 19.6 Å². The number of carbonyl (C=O) groups excluding carboxylic acids is 1. The first-order chi connectivity index (χ1) is 29.1. The van der Waals surface area contributed by atoms with Crippen LogP contribution in [-0.4, -0.2) is 45.1 Å². The summed E-state index contributed by atoms with van der Waals surface area (Å²) in [5.41, 5.74) is 8.14. The summed E-state index contributed by atoms with van der Waals surface area (Å²) in [5.74, 6) is 1.70. The molecule has 2 N–H and O–H groups in total. The minimum Gasteiger partial charge on any atom is -0.489 e. The van der Waals surface area contributed by atoms with Crippen molar-refractivity contribution in [1.29, 1.82) is 5.26 Å². The fraction of sp³-hybridized carbons (Fsp3) is 0.239. The average Bonchev–Trinajstić information content (AvgIpc) is 3.65. The number of fused-ring (bicyclic) bond motifs is 2. The molecule has 0 saturated heterocycles. The normalized spacial score (nSPS) is 16.3. The van der Waals surface area contributed by atoms with Gasteiger partial charge in [0.25, 0.3) is 0 Å². The highest BCUT2D eigenvalue weighted by atomic mass is 35.5. The third-order valence-corrected chi connectivity index (χ3v) is 14.2. The van der Waals surface area contributed by atoms with E-state index in [1.54, 1.807) is 16.4 Å². The average molecular weight is 879 g/mol. The Bertz CT molecular complexity index is 2580. The smallest absolute Gasteiger partial charge is 0.238 e. The van der Waals surface area contributed by atoms with Gasteiger partial charge in [0.15, 0.2) is 22.7 Å². The van der Waals surface area contributed by atoms with E-state index in [9.17, 15) is 9.00 Å². The third kappa shape index (κ3) is 9.31. The molecule has 0 fully saturated rings. The number of nitriles is 1. The van der Waals surface area contributed by atoms with E-state index in [0.29, 0.717) is 87.0 Å². The second-order valence-corrected chi connectivity index (χ2v) is 17.9. The van der Waals surface area contributed by atoms with Crippen LogP contribution in [0.3, 0.4) is 0 Å². The maximum atomic E-state index is 14.5. The summed E-state index contributed by atoms with van der Waals surface area (Å²) in [6.45, 7) is 5.85. The van der Waals surface area contributed by atoms with Crippen molar-refractivity contribution in [3.8, 4) is 34.4 Å². The number of hydrogen-bond acceptors (Lipinski definition) is 9. The number of anilines is 1. The largest absolute Gasteiger partial charge is 0.489 e. The number of nitrogens with zero attached hydrogens (tertiary/aromatic N) is 3. The molecule has 0 bridgehead atoms. The zero-order valence-corrected chi connectivity index (χ0v) is 36.0. The maximum absolute atomic E-state index is 14.5. The molecule has 1 aromatic heterocycles. The number of nitrogens with one attached hydrogen (secondary N) is 2. The van der Waals surface area contributed by atoms with Crippen molar-refractivity contribution in [1.82, 2.24) is 14.6 Å². The van der Waals surface area contributed by atoms with Crippen LogP contribution in [0.25, 0.3) is 11.1 Å². The second kappa shape index (κ2) is 18.5. The summed E-state index contributed by atoms with van der Waals surface area (Å²) in [6.07, 6.45) is 0.608.